The molecule has 8 heteroatoms. The van der Waals surface area contributed by atoms with Gasteiger partial charge in [0, 0.05) is 24.6 Å². The normalized spacial score (nSPS) is 17.6. The van der Waals surface area contributed by atoms with Gasteiger partial charge in [-0.25, -0.2) is 0 Å². The molecule has 1 fully saturated rings. The zero-order valence-corrected chi connectivity index (χ0v) is 20.5. The molecule has 1 aliphatic rings. The van der Waals surface area contributed by atoms with E-state index in [0.717, 1.165) is 54.3 Å². The number of nitrogens with one attached hydrogen (secondary N) is 2. The average Bonchev–Trinajstić information content (AvgIpc) is 3.37. The molecule has 2 aromatic carbocycles. The minimum atomic E-state index is 0.0516. The van der Waals surface area contributed by atoms with Crippen molar-refractivity contribution in [1.29, 1.82) is 0 Å². The molecule has 2 N–H and O–H groups in total. The van der Waals surface area contributed by atoms with E-state index in [9.17, 15) is 4.79 Å². The van der Waals surface area contributed by atoms with Crippen molar-refractivity contribution in [2.75, 3.05) is 34.4 Å². The van der Waals surface area contributed by atoms with Gasteiger partial charge in [-0.1, -0.05) is 11.2 Å². The molecule has 3 aromatic rings. The van der Waals surface area contributed by atoms with Gasteiger partial charge in [0.15, 0.2) is 17.3 Å². The fourth-order valence-corrected chi connectivity index (χ4v) is 4.55. The molecule has 0 unspecified atom stereocenters. The summed E-state index contributed by atoms with van der Waals surface area (Å²) in [6.45, 7) is 2.22. The van der Waals surface area contributed by atoms with Crippen molar-refractivity contribution < 1.29 is 23.5 Å². The number of piperidine rings is 1. The number of rotatable bonds is 10. The molecule has 1 aromatic heterocycles. The lowest BCUT2D eigenvalue weighted by Gasteiger charge is -2.31. The highest BCUT2D eigenvalue weighted by molar-refractivity contribution is 5.76. The average molecular weight is 480 g/mol. The van der Waals surface area contributed by atoms with Gasteiger partial charge in [0.05, 0.1) is 27.0 Å². The minimum absolute atomic E-state index is 0.0516. The summed E-state index contributed by atoms with van der Waals surface area (Å²) in [6.07, 6.45) is 2.21. The Labute approximate surface area is 205 Å². The van der Waals surface area contributed by atoms with Gasteiger partial charge in [0.2, 0.25) is 5.91 Å². The summed E-state index contributed by atoms with van der Waals surface area (Å²) < 4.78 is 21.4. The minimum Gasteiger partial charge on any atom is -0.497 e. The Balaban J connectivity index is 1.33. The molecule has 0 bridgehead atoms. The van der Waals surface area contributed by atoms with E-state index >= 15 is 0 Å². The smallest absolute Gasteiger partial charge is 0.220 e. The number of amides is 1. The van der Waals surface area contributed by atoms with Crippen molar-refractivity contribution in [2.24, 2.45) is 11.8 Å². The monoisotopic (exact) mass is 479 g/mol. The summed E-state index contributed by atoms with van der Waals surface area (Å²) >= 11 is 0. The molecule has 2 atom stereocenters. The molecule has 186 valence electrons. The zero-order chi connectivity index (χ0) is 24.6. The summed E-state index contributed by atoms with van der Waals surface area (Å²) in [6, 6.07) is 15.4. The van der Waals surface area contributed by atoms with Crippen LogP contribution >= 0.6 is 0 Å². The molecular formula is C27H33N3O5. The third-order valence-corrected chi connectivity index (χ3v) is 6.56. The van der Waals surface area contributed by atoms with Crippen LogP contribution < -0.4 is 24.8 Å². The molecule has 1 aliphatic heterocycles. The van der Waals surface area contributed by atoms with Gasteiger partial charge in [-0.15, -0.1) is 0 Å². The quantitative estimate of drug-likeness (QED) is 0.456. The maximum Gasteiger partial charge on any atom is 0.220 e. The van der Waals surface area contributed by atoms with Crippen LogP contribution in [0.1, 0.15) is 24.1 Å². The first-order chi connectivity index (χ1) is 17.1. The summed E-state index contributed by atoms with van der Waals surface area (Å²) in [7, 11) is 4.85. The largest absolute Gasteiger partial charge is 0.497 e. The molecule has 0 radical (unpaired) electrons. The zero-order valence-electron chi connectivity index (χ0n) is 20.5. The predicted molar refractivity (Wildman–Crippen MR) is 133 cm³/mol. The Hall–Kier alpha value is -3.52. The van der Waals surface area contributed by atoms with E-state index in [1.165, 1.54) is 0 Å². The van der Waals surface area contributed by atoms with Gasteiger partial charge in [-0.3, -0.25) is 4.79 Å². The third kappa shape index (κ3) is 6.33. The second kappa shape index (κ2) is 11.8. The molecule has 0 aliphatic carbocycles. The Morgan fingerprint density at radius 1 is 1.03 bits per heavy atom. The number of hydrogen-bond acceptors (Lipinski definition) is 7. The summed E-state index contributed by atoms with van der Waals surface area (Å²) in [5, 5.41) is 10.8. The first-order valence-electron chi connectivity index (χ1n) is 11.9. The van der Waals surface area contributed by atoms with Crippen molar-refractivity contribution in [1.82, 2.24) is 15.8 Å². The second-order valence-corrected chi connectivity index (χ2v) is 8.80. The van der Waals surface area contributed by atoms with Crippen LogP contribution in [0.3, 0.4) is 0 Å². The second-order valence-electron chi connectivity index (χ2n) is 8.80. The van der Waals surface area contributed by atoms with E-state index in [1.807, 2.05) is 48.5 Å². The van der Waals surface area contributed by atoms with Crippen molar-refractivity contribution in [3.63, 3.8) is 0 Å². The number of hydrogen-bond donors (Lipinski definition) is 2. The molecule has 4 rings (SSSR count). The summed E-state index contributed by atoms with van der Waals surface area (Å²) in [5.41, 5.74) is 2.82. The van der Waals surface area contributed by atoms with E-state index in [2.05, 4.69) is 15.8 Å². The number of carbonyl (C=O) groups is 1. The standard InChI is InChI=1S/C27H33N3O5/c1-32-23-7-5-19(6-8-23)25-15-22(30-35-25)13-21-17-28-11-10-20(21)14-27(31)29-16-18-4-9-24(33-2)26(12-18)34-3/h4-9,12,15,20-21,28H,10-11,13-14,16-17H2,1-3H3,(H,29,31)/t20-,21-/m0/s1. The van der Waals surface area contributed by atoms with Crippen LogP contribution in [0.4, 0.5) is 0 Å². The highest BCUT2D eigenvalue weighted by atomic mass is 16.5. The highest BCUT2D eigenvalue weighted by Crippen LogP contribution is 2.29. The maximum absolute atomic E-state index is 12.8. The van der Waals surface area contributed by atoms with E-state index < -0.39 is 0 Å². The van der Waals surface area contributed by atoms with Gasteiger partial charge in [0.1, 0.15) is 5.75 Å². The fourth-order valence-electron chi connectivity index (χ4n) is 4.55. The number of carbonyl (C=O) groups excluding carboxylic acids is 1. The Morgan fingerprint density at radius 2 is 1.83 bits per heavy atom. The molecule has 35 heavy (non-hydrogen) atoms. The van der Waals surface area contributed by atoms with Crippen LogP contribution in [-0.4, -0.2) is 45.5 Å². The fraction of sp³-hybridized carbons (Fsp3) is 0.407. The Kier molecular flexibility index (Phi) is 8.26. The van der Waals surface area contributed by atoms with E-state index in [0.29, 0.717) is 30.4 Å². The van der Waals surface area contributed by atoms with Crippen molar-refractivity contribution >= 4 is 5.91 Å². The molecule has 1 saturated heterocycles. The molecule has 0 saturated carbocycles. The number of nitrogens with zero attached hydrogens (tertiary/aromatic N) is 1. The summed E-state index contributed by atoms with van der Waals surface area (Å²) in [4.78, 5) is 12.8. The maximum atomic E-state index is 12.8. The molecule has 1 amide bonds. The van der Waals surface area contributed by atoms with Gasteiger partial charge in [-0.2, -0.15) is 0 Å². The van der Waals surface area contributed by atoms with Crippen LogP contribution in [0.15, 0.2) is 53.1 Å². The number of aromatic nitrogens is 1. The number of benzene rings is 2. The highest BCUT2D eigenvalue weighted by Gasteiger charge is 2.28. The molecule has 2 heterocycles. The lowest BCUT2D eigenvalue weighted by molar-refractivity contribution is -0.122. The predicted octanol–water partition coefficient (Wildman–Crippen LogP) is 3.84. The lowest BCUT2D eigenvalue weighted by Crippen LogP contribution is -2.40. The van der Waals surface area contributed by atoms with Gasteiger partial charge in [-0.05, 0) is 79.7 Å². The van der Waals surface area contributed by atoms with Gasteiger partial charge in [0.25, 0.3) is 0 Å². The van der Waals surface area contributed by atoms with E-state index in [4.69, 9.17) is 18.7 Å². The van der Waals surface area contributed by atoms with Crippen LogP contribution in [0.2, 0.25) is 0 Å². The van der Waals surface area contributed by atoms with Crippen LogP contribution in [0, 0.1) is 11.8 Å². The topological polar surface area (TPSA) is 94.9 Å². The van der Waals surface area contributed by atoms with Crippen molar-refractivity contribution in [2.45, 2.75) is 25.8 Å². The first-order valence-corrected chi connectivity index (χ1v) is 11.9. The van der Waals surface area contributed by atoms with E-state index in [1.54, 1.807) is 21.3 Å². The molecule has 0 spiro atoms. The first kappa shape index (κ1) is 24.6. The lowest BCUT2D eigenvalue weighted by atomic mass is 9.81. The SMILES string of the molecule is COc1ccc(-c2cc(C[C@H]3CNCC[C@H]3CC(=O)NCc3ccc(OC)c(OC)c3)no2)cc1. The Morgan fingerprint density at radius 3 is 2.57 bits per heavy atom. The van der Waals surface area contributed by atoms with Crippen LogP contribution in [0.5, 0.6) is 17.2 Å². The van der Waals surface area contributed by atoms with Crippen molar-refractivity contribution in [3.05, 3.63) is 59.8 Å². The summed E-state index contributed by atoms with van der Waals surface area (Å²) in [5.74, 6) is 3.50. The van der Waals surface area contributed by atoms with E-state index in [-0.39, 0.29) is 11.8 Å². The Bertz CT molecular complexity index is 1110. The van der Waals surface area contributed by atoms with Crippen molar-refractivity contribution in [3.8, 4) is 28.6 Å². The number of ether oxygens (including phenoxy) is 3. The number of methoxy groups -OCH3 is 3. The van der Waals surface area contributed by atoms with Gasteiger partial charge >= 0.3 is 0 Å². The molecule has 8 nitrogen and oxygen atoms in total. The van der Waals surface area contributed by atoms with Gasteiger partial charge < -0.3 is 29.4 Å². The third-order valence-electron chi connectivity index (χ3n) is 6.56. The molecular weight excluding hydrogens is 446 g/mol. The van der Waals surface area contributed by atoms with Crippen LogP contribution in [0.25, 0.3) is 11.3 Å². The van der Waals surface area contributed by atoms with Crippen LogP contribution in [-0.2, 0) is 17.8 Å².